The van der Waals surface area contributed by atoms with Crippen molar-refractivity contribution in [2.45, 2.75) is 51.2 Å². The van der Waals surface area contributed by atoms with Gasteiger partial charge in [-0.3, -0.25) is 4.79 Å². The highest BCUT2D eigenvalue weighted by Crippen LogP contribution is 2.45. The van der Waals surface area contributed by atoms with Crippen molar-refractivity contribution >= 4 is 27.5 Å². The summed E-state index contributed by atoms with van der Waals surface area (Å²) in [4.78, 5) is 12.6. The molecule has 0 radical (unpaired) electrons. The third kappa shape index (κ3) is 4.86. The number of carbonyl (C=O) groups is 1. The SMILES string of the molecule is CC(C)S(=O)(=O)N1CCC(CNC(=O)c2ccc(F)cc2Cl)(CC2CC2)CC1. The van der Waals surface area contributed by atoms with Crippen LogP contribution in [0, 0.1) is 17.2 Å². The monoisotopic (exact) mass is 430 g/mol. The minimum atomic E-state index is -3.25. The summed E-state index contributed by atoms with van der Waals surface area (Å²) < 4.78 is 39.7. The maximum Gasteiger partial charge on any atom is 0.252 e. The Morgan fingerprint density at radius 1 is 1.32 bits per heavy atom. The molecule has 0 bridgehead atoms. The summed E-state index contributed by atoms with van der Waals surface area (Å²) in [6, 6.07) is 3.74. The van der Waals surface area contributed by atoms with E-state index in [1.165, 1.54) is 25.0 Å². The molecule has 1 aliphatic carbocycles. The van der Waals surface area contributed by atoms with E-state index in [4.69, 9.17) is 11.6 Å². The lowest BCUT2D eigenvalue weighted by Gasteiger charge is -2.42. The lowest BCUT2D eigenvalue weighted by molar-refractivity contribution is 0.0871. The van der Waals surface area contributed by atoms with Crippen LogP contribution in [0.1, 0.15) is 56.3 Å². The van der Waals surface area contributed by atoms with Crippen LogP contribution < -0.4 is 5.32 Å². The smallest absolute Gasteiger partial charge is 0.252 e. The van der Waals surface area contributed by atoms with Crippen LogP contribution in [0.4, 0.5) is 4.39 Å². The number of hydrogen-bond acceptors (Lipinski definition) is 3. The van der Waals surface area contributed by atoms with Crippen LogP contribution in [0.2, 0.25) is 5.02 Å². The van der Waals surface area contributed by atoms with Crippen LogP contribution in [0.25, 0.3) is 0 Å². The molecule has 2 fully saturated rings. The van der Waals surface area contributed by atoms with Crippen LogP contribution in [0.3, 0.4) is 0 Å². The average molecular weight is 431 g/mol. The van der Waals surface area contributed by atoms with Gasteiger partial charge in [0.1, 0.15) is 5.82 Å². The second-order valence-corrected chi connectivity index (χ2v) is 11.3. The normalized spacial score (nSPS) is 20.3. The number of rotatable bonds is 7. The molecule has 5 nitrogen and oxygen atoms in total. The van der Waals surface area contributed by atoms with Crippen molar-refractivity contribution < 1.29 is 17.6 Å². The van der Waals surface area contributed by atoms with Crippen molar-refractivity contribution in [3.63, 3.8) is 0 Å². The second-order valence-electron chi connectivity index (χ2n) is 8.45. The number of carbonyl (C=O) groups excluding carboxylic acids is 1. The first-order valence-electron chi connectivity index (χ1n) is 9.85. The molecule has 28 heavy (non-hydrogen) atoms. The van der Waals surface area contributed by atoms with E-state index in [0.717, 1.165) is 25.3 Å². The molecule has 2 aliphatic rings. The van der Waals surface area contributed by atoms with E-state index >= 15 is 0 Å². The Morgan fingerprint density at radius 3 is 2.50 bits per heavy atom. The van der Waals surface area contributed by atoms with Crippen LogP contribution in [-0.2, 0) is 10.0 Å². The molecule has 0 aromatic heterocycles. The third-order valence-electron chi connectivity index (χ3n) is 5.96. The minimum absolute atomic E-state index is 0.0894. The van der Waals surface area contributed by atoms with Crippen molar-refractivity contribution in [1.82, 2.24) is 9.62 Å². The molecule has 3 rings (SSSR count). The zero-order chi connectivity index (χ0) is 20.5. The number of nitrogens with zero attached hydrogens (tertiary/aromatic N) is 1. The van der Waals surface area contributed by atoms with Crippen LogP contribution >= 0.6 is 11.6 Å². The lowest BCUT2D eigenvalue weighted by atomic mass is 9.74. The maximum absolute atomic E-state index is 13.2. The van der Waals surface area contributed by atoms with Crippen LogP contribution in [0.15, 0.2) is 18.2 Å². The Bertz CT molecular complexity index is 832. The first kappa shape index (κ1) is 21.5. The van der Waals surface area contributed by atoms with Crippen LogP contribution in [-0.4, -0.2) is 43.5 Å². The fourth-order valence-corrected chi connectivity index (χ4v) is 5.48. The molecule has 0 spiro atoms. The molecule has 1 saturated carbocycles. The van der Waals surface area contributed by atoms with Crippen molar-refractivity contribution in [1.29, 1.82) is 0 Å². The minimum Gasteiger partial charge on any atom is -0.351 e. The number of nitrogens with one attached hydrogen (secondary N) is 1. The fraction of sp³-hybridized carbons (Fsp3) is 0.650. The van der Waals surface area contributed by atoms with Crippen molar-refractivity contribution in [2.24, 2.45) is 11.3 Å². The average Bonchev–Trinajstić information content (AvgIpc) is 3.44. The van der Waals surface area contributed by atoms with Crippen molar-refractivity contribution in [3.05, 3.63) is 34.6 Å². The fourth-order valence-electron chi connectivity index (χ4n) is 3.94. The van der Waals surface area contributed by atoms with E-state index in [1.54, 1.807) is 18.2 Å². The Morgan fingerprint density at radius 2 is 1.96 bits per heavy atom. The molecular formula is C20H28ClFN2O3S. The summed E-state index contributed by atoms with van der Waals surface area (Å²) in [6.45, 7) is 4.86. The van der Waals surface area contributed by atoms with Gasteiger partial charge in [0.25, 0.3) is 5.91 Å². The molecule has 0 unspecified atom stereocenters. The van der Waals surface area contributed by atoms with Gasteiger partial charge in [0.2, 0.25) is 10.0 Å². The molecule has 0 atom stereocenters. The zero-order valence-corrected chi connectivity index (χ0v) is 18.0. The molecule has 1 heterocycles. The maximum atomic E-state index is 13.2. The van der Waals surface area contributed by atoms with Gasteiger partial charge in [-0.15, -0.1) is 0 Å². The number of hydrogen-bond donors (Lipinski definition) is 1. The summed E-state index contributed by atoms with van der Waals surface area (Å²) in [5.74, 6) is -0.137. The van der Waals surface area contributed by atoms with Crippen molar-refractivity contribution in [3.8, 4) is 0 Å². The van der Waals surface area contributed by atoms with Gasteiger partial charge in [-0.05, 0) is 62.6 Å². The van der Waals surface area contributed by atoms with Gasteiger partial charge < -0.3 is 5.32 Å². The van der Waals surface area contributed by atoms with Crippen molar-refractivity contribution in [2.75, 3.05) is 19.6 Å². The molecule has 156 valence electrons. The number of amides is 1. The Hall–Kier alpha value is -1.18. The summed E-state index contributed by atoms with van der Waals surface area (Å²) in [6.07, 6.45) is 4.86. The van der Waals surface area contributed by atoms with E-state index in [-0.39, 0.29) is 21.9 Å². The quantitative estimate of drug-likeness (QED) is 0.714. The van der Waals surface area contributed by atoms with Gasteiger partial charge in [0, 0.05) is 19.6 Å². The van der Waals surface area contributed by atoms with Gasteiger partial charge in [0.05, 0.1) is 15.8 Å². The molecule has 1 N–H and O–H groups in total. The van der Waals surface area contributed by atoms with Crippen LogP contribution in [0.5, 0.6) is 0 Å². The first-order chi connectivity index (χ1) is 13.1. The standard InChI is InChI=1S/C20H28ClFN2O3S/c1-14(2)28(26,27)24-9-7-20(8-10-24,12-15-3-4-15)13-23-19(25)17-6-5-16(22)11-18(17)21/h5-6,11,14-15H,3-4,7-10,12-13H2,1-2H3,(H,23,25). The third-order valence-corrected chi connectivity index (χ3v) is 8.55. The number of sulfonamides is 1. The highest BCUT2D eigenvalue weighted by atomic mass is 35.5. The summed E-state index contributed by atoms with van der Waals surface area (Å²) in [5.41, 5.74) is 0.149. The van der Waals surface area contributed by atoms with E-state index in [1.807, 2.05) is 0 Å². The Labute approximate surface area is 171 Å². The first-order valence-corrected chi connectivity index (χ1v) is 11.7. The Balaban J connectivity index is 1.67. The molecule has 1 saturated heterocycles. The topological polar surface area (TPSA) is 66.5 Å². The number of halogens is 2. The van der Waals surface area contributed by atoms with Gasteiger partial charge in [-0.25, -0.2) is 17.1 Å². The number of benzene rings is 1. The zero-order valence-electron chi connectivity index (χ0n) is 16.4. The summed E-state index contributed by atoms with van der Waals surface area (Å²) in [7, 11) is -3.25. The lowest BCUT2D eigenvalue weighted by Crippen LogP contribution is -2.49. The number of piperidine rings is 1. The molecule has 1 aromatic rings. The van der Waals surface area contributed by atoms with E-state index in [2.05, 4.69) is 5.32 Å². The van der Waals surface area contributed by atoms with E-state index in [0.29, 0.717) is 25.6 Å². The molecule has 8 heteroatoms. The summed E-state index contributed by atoms with van der Waals surface area (Å²) in [5, 5.41) is 2.63. The van der Waals surface area contributed by atoms with Gasteiger partial charge in [0.15, 0.2) is 0 Å². The summed E-state index contributed by atoms with van der Waals surface area (Å²) >= 11 is 6.00. The van der Waals surface area contributed by atoms with Gasteiger partial charge in [-0.2, -0.15) is 0 Å². The van der Waals surface area contributed by atoms with E-state index in [9.17, 15) is 17.6 Å². The largest absolute Gasteiger partial charge is 0.351 e. The highest BCUT2D eigenvalue weighted by molar-refractivity contribution is 7.89. The Kier molecular flexibility index (Phi) is 6.37. The van der Waals surface area contributed by atoms with E-state index < -0.39 is 21.1 Å². The van der Waals surface area contributed by atoms with Gasteiger partial charge >= 0.3 is 0 Å². The predicted octanol–water partition coefficient (Wildman–Crippen LogP) is 3.83. The molecular weight excluding hydrogens is 403 g/mol. The predicted molar refractivity (Wildman–Crippen MR) is 108 cm³/mol. The highest BCUT2D eigenvalue weighted by Gasteiger charge is 2.42. The van der Waals surface area contributed by atoms with Gasteiger partial charge in [-0.1, -0.05) is 24.4 Å². The second kappa shape index (κ2) is 8.28. The molecule has 1 aromatic carbocycles. The molecule has 1 amide bonds. The molecule has 1 aliphatic heterocycles.